The number of hydrogen-bond donors (Lipinski definition) is 1. The average molecular weight is 285 g/mol. The third-order valence-corrected chi connectivity index (χ3v) is 3.35. The number of hydrogen-bond acceptors (Lipinski definition) is 6. The van der Waals surface area contributed by atoms with Crippen molar-refractivity contribution in [2.75, 3.05) is 12.4 Å². The fourth-order valence-corrected chi connectivity index (χ4v) is 2.20. The number of carbonyl (C=O) groups is 1. The minimum Gasteiger partial charge on any atom is -0.465 e. The molecule has 7 heteroatoms. The van der Waals surface area contributed by atoms with E-state index in [9.17, 15) is 20.0 Å². The van der Waals surface area contributed by atoms with Gasteiger partial charge in [0.25, 0.3) is 5.69 Å². The average Bonchev–Trinajstić information content (AvgIpc) is 2.36. The zero-order valence-electron chi connectivity index (χ0n) is 10.7. The Morgan fingerprint density at radius 2 is 2.26 bits per heavy atom. The van der Waals surface area contributed by atoms with Gasteiger partial charge in [-0.25, -0.2) is 0 Å². The van der Waals surface area contributed by atoms with Crippen molar-refractivity contribution in [3.8, 4) is 0 Å². The molecular weight excluding hydrogens is 270 g/mol. The lowest BCUT2D eigenvalue weighted by atomic mass is 10.1. The number of aliphatic hydroxyl groups is 1. The summed E-state index contributed by atoms with van der Waals surface area (Å²) in [5.41, 5.74) is 0.347. The van der Waals surface area contributed by atoms with E-state index in [-0.39, 0.29) is 18.0 Å². The molecule has 104 valence electrons. The summed E-state index contributed by atoms with van der Waals surface area (Å²) in [6.07, 6.45) is -0.775. The predicted octanol–water partition coefficient (Wildman–Crippen LogP) is 2.30. The highest BCUT2D eigenvalue weighted by molar-refractivity contribution is 8.00. The van der Waals surface area contributed by atoms with Gasteiger partial charge in [0.1, 0.15) is 0 Å². The van der Waals surface area contributed by atoms with Gasteiger partial charge in [0, 0.05) is 6.07 Å². The van der Waals surface area contributed by atoms with Gasteiger partial charge in [0.05, 0.1) is 28.3 Å². The molecular formula is C12H15NO5S. The summed E-state index contributed by atoms with van der Waals surface area (Å²) < 4.78 is 4.76. The van der Waals surface area contributed by atoms with Crippen LogP contribution in [0.5, 0.6) is 0 Å². The van der Waals surface area contributed by atoms with Gasteiger partial charge >= 0.3 is 5.97 Å². The van der Waals surface area contributed by atoms with Crippen molar-refractivity contribution in [3.63, 3.8) is 0 Å². The minimum atomic E-state index is -0.775. The lowest BCUT2D eigenvalue weighted by molar-refractivity contribution is -0.387. The normalized spacial score (nSPS) is 11.9. The van der Waals surface area contributed by atoms with E-state index in [1.165, 1.54) is 19.1 Å². The molecule has 1 rings (SSSR count). The lowest BCUT2D eigenvalue weighted by Gasteiger charge is -2.07. The monoisotopic (exact) mass is 285 g/mol. The van der Waals surface area contributed by atoms with Crippen LogP contribution in [0.2, 0.25) is 0 Å². The smallest absolute Gasteiger partial charge is 0.316 e. The van der Waals surface area contributed by atoms with Crippen LogP contribution in [0.15, 0.2) is 23.1 Å². The van der Waals surface area contributed by atoms with Crippen molar-refractivity contribution in [1.82, 2.24) is 0 Å². The molecule has 0 aromatic heterocycles. The fraction of sp³-hybridized carbons (Fsp3) is 0.417. The molecule has 0 unspecified atom stereocenters. The van der Waals surface area contributed by atoms with Crippen LogP contribution in [0.4, 0.5) is 5.69 Å². The van der Waals surface area contributed by atoms with Gasteiger partial charge in [-0.05, 0) is 25.5 Å². The zero-order chi connectivity index (χ0) is 14.4. The van der Waals surface area contributed by atoms with Gasteiger partial charge in [0.15, 0.2) is 0 Å². The molecule has 0 saturated heterocycles. The number of thioether (sulfide) groups is 1. The van der Waals surface area contributed by atoms with Crippen molar-refractivity contribution in [2.24, 2.45) is 0 Å². The van der Waals surface area contributed by atoms with Gasteiger partial charge in [-0.15, -0.1) is 11.8 Å². The molecule has 0 heterocycles. The van der Waals surface area contributed by atoms with E-state index in [4.69, 9.17) is 4.74 Å². The van der Waals surface area contributed by atoms with Crippen LogP contribution in [0.3, 0.4) is 0 Å². The molecule has 0 aliphatic heterocycles. The largest absolute Gasteiger partial charge is 0.465 e. The van der Waals surface area contributed by atoms with E-state index in [0.29, 0.717) is 10.5 Å². The van der Waals surface area contributed by atoms with Crippen molar-refractivity contribution >= 4 is 23.4 Å². The van der Waals surface area contributed by atoms with E-state index in [0.717, 1.165) is 11.8 Å². The van der Waals surface area contributed by atoms with Crippen molar-refractivity contribution < 1.29 is 19.6 Å². The summed E-state index contributed by atoms with van der Waals surface area (Å²) in [6.45, 7) is 3.51. The summed E-state index contributed by atoms with van der Waals surface area (Å²) in [5, 5.41) is 20.4. The Morgan fingerprint density at radius 1 is 1.58 bits per heavy atom. The number of nitro groups is 1. The minimum absolute atomic E-state index is 0.0166. The first-order chi connectivity index (χ1) is 8.95. The molecule has 0 aliphatic rings. The molecule has 0 amide bonds. The Kier molecular flexibility index (Phi) is 5.78. The van der Waals surface area contributed by atoms with Crippen molar-refractivity contribution in [2.45, 2.75) is 24.8 Å². The van der Waals surface area contributed by atoms with E-state index in [2.05, 4.69) is 0 Å². The summed E-state index contributed by atoms with van der Waals surface area (Å²) >= 11 is 1.05. The number of benzene rings is 1. The van der Waals surface area contributed by atoms with Crippen LogP contribution in [-0.2, 0) is 9.53 Å². The molecule has 1 aromatic rings. The maximum atomic E-state index is 11.2. The van der Waals surface area contributed by atoms with Crippen LogP contribution < -0.4 is 0 Å². The number of nitrogens with zero attached hydrogens (tertiary/aromatic N) is 1. The topological polar surface area (TPSA) is 89.7 Å². The van der Waals surface area contributed by atoms with Gasteiger partial charge in [-0.1, -0.05) is 6.07 Å². The summed E-state index contributed by atoms with van der Waals surface area (Å²) in [7, 11) is 0. The molecule has 19 heavy (non-hydrogen) atoms. The lowest BCUT2D eigenvalue weighted by Crippen LogP contribution is -2.07. The van der Waals surface area contributed by atoms with Crippen LogP contribution in [0, 0.1) is 10.1 Å². The van der Waals surface area contributed by atoms with E-state index >= 15 is 0 Å². The van der Waals surface area contributed by atoms with Crippen LogP contribution in [0.25, 0.3) is 0 Å². The van der Waals surface area contributed by atoms with E-state index in [1.807, 2.05) is 0 Å². The van der Waals surface area contributed by atoms with E-state index < -0.39 is 17.0 Å². The van der Waals surface area contributed by atoms with Crippen LogP contribution in [-0.4, -0.2) is 28.4 Å². The molecule has 0 saturated carbocycles. The number of aliphatic hydroxyl groups excluding tert-OH is 1. The standard InChI is InChI=1S/C12H15NO5S/c1-3-18-12(15)7-19-11-5-4-9(8(2)14)6-10(11)13(16)17/h4-6,8,14H,3,7H2,1-2H3/t8-/m1/s1. The second-order valence-electron chi connectivity index (χ2n) is 3.75. The molecule has 0 bridgehead atoms. The Hall–Kier alpha value is -1.60. The third-order valence-electron chi connectivity index (χ3n) is 2.31. The van der Waals surface area contributed by atoms with Gasteiger partial charge in [0.2, 0.25) is 0 Å². The van der Waals surface area contributed by atoms with Crippen LogP contribution >= 0.6 is 11.8 Å². The highest BCUT2D eigenvalue weighted by Crippen LogP contribution is 2.31. The Balaban J connectivity index is 2.88. The van der Waals surface area contributed by atoms with Crippen molar-refractivity contribution in [3.05, 3.63) is 33.9 Å². The first-order valence-electron chi connectivity index (χ1n) is 5.70. The second-order valence-corrected chi connectivity index (χ2v) is 4.77. The summed E-state index contributed by atoms with van der Waals surface area (Å²) in [4.78, 5) is 22.0. The first-order valence-corrected chi connectivity index (χ1v) is 6.69. The molecule has 0 radical (unpaired) electrons. The molecule has 1 N–H and O–H groups in total. The number of esters is 1. The van der Waals surface area contributed by atoms with Gasteiger partial charge in [-0.2, -0.15) is 0 Å². The maximum absolute atomic E-state index is 11.2. The quantitative estimate of drug-likeness (QED) is 0.373. The molecule has 0 fully saturated rings. The van der Waals surface area contributed by atoms with Crippen molar-refractivity contribution in [1.29, 1.82) is 0 Å². The number of ether oxygens (including phenoxy) is 1. The SMILES string of the molecule is CCOC(=O)CSc1ccc([C@@H](C)O)cc1[N+](=O)[O-]. The Bertz CT molecular complexity index is 475. The predicted molar refractivity (Wildman–Crippen MR) is 71.1 cm³/mol. The van der Waals surface area contributed by atoms with Gasteiger partial charge in [-0.3, -0.25) is 14.9 Å². The first kappa shape index (κ1) is 15.5. The molecule has 1 atom stereocenters. The number of nitro benzene ring substituents is 1. The third kappa shape index (κ3) is 4.53. The summed E-state index contributed by atoms with van der Waals surface area (Å²) in [5.74, 6) is -0.399. The van der Waals surface area contributed by atoms with Gasteiger partial charge < -0.3 is 9.84 Å². The summed E-state index contributed by atoms with van der Waals surface area (Å²) in [6, 6.07) is 4.45. The number of rotatable bonds is 6. The fourth-order valence-electron chi connectivity index (χ4n) is 1.40. The number of carbonyl (C=O) groups excluding carboxylic acids is 1. The maximum Gasteiger partial charge on any atom is 0.316 e. The Morgan fingerprint density at radius 3 is 2.79 bits per heavy atom. The van der Waals surface area contributed by atoms with E-state index in [1.54, 1.807) is 13.0 Å². The molecule has 1 aromatic carbocycles. The second kappa shape index (κ2) is 7.10. The molecule has 0 aliphatic carbocycles. The highest BCUT2D eigenvalue weighted by atomic mass is 32.2. The zero-order valence-corrected chi connectivity index (χ0v) is 11.5. The van der Waals surface area contributed by atoms with Crippen LogP contribution in [0.1, 0.15) is 25.5 Å². The highest BCUT2D eigenvalue weighted by Gasteiger charge is 2.17. The molecule has 0 spiro atoms. The molecule has 6 nitrogen and oxygen atoms in total. The Labute approximate surface area is 114 Å².